The Labute approximate surface area is 123 Å². The van der Waals surface area contributed by atoms with E-state index in [2.05, 4.69) is 4.98 Å². The van der Waals surface area contributed by atoms with Crippen LogP contribution in [0, 0.1) is 6.92 Å². The molecule has 0 atom stereocenters. The summed E-state index contributed by atoms with van der Waals surface area (Å²) in [5.41, 5.74) is 2.04. The highest BCUT2D eigenvalue weighted by Crippen LogP contribution is 2.26. The summed E-state index contributed by atoms with van der Waals surface area (Å²) < 4.78 is 5.74. The summed E-state index contributed by atoms with van der Waals surface area (Å²) in [6.07, 6.45) is 0. The summed E-state index contributed by atoms with van der Waals surface area (Å²) in [6, 6.07) is 7.91. The highest BCUT2D eigenvalue weighted by Gasteiger charge is 2.17. The summed E-state index contributed by atoms with van der Waals surface area (Å²) in [5, 5.41) is 0.848. The normalized spacial score (nSPS) is 10.8. The number of hydrogen-bond donors (Lipinski definition) is 0. The fourth-order valence-corrected chi connectivity index (χ4v) is 2.96. The van der Waals surface area contributed by atoms with Gasteiger partial charge < -0.3 is 4.74 Å². The predicted octanol–water partition coefficient (Wildman–Crippen LogP) is 4.36. The number of Topliss-reactive ketones (excluding diaryl/α,β-unsaturated/α-hetero) is 1. The first-order chi connectivity index (χ1) is 9.47. The zero-order valence-electron chi connectivity index (χ0n) is 12.3. The minimum atomic E-state index is 0.0769. The van der Waals surface area contributed by atoms with E-state index in [1.165, 1.54) is 11.3 Å². The summed E-state index contributed by atoms with van der Waals surface area (Å²) in [5.74, 6) is 1.15. The number of ketones is 1. The number of carbonyl (C=O) groups excluding carboxylic acids is 1. The highest BCUT2D eigenvalue weighted by atomic mass is 32.1. The van der Waals surface area contributed by atoms with Crippen molar-refractivity contribution in [2.45, 2.75) is 40.2 Å². The maximum atomic E-state index is 11.6. The molecule has 20 heavy (non-hydrogen) atoms. The van der Waals surface area contributed by atoms with Crippen molar-refractivity contribution in [2.75, 3.05) is 0 Å². The number of hydrogen-bond acceptors (Lipinski definition) is 4. The average molecular weight is 289 g/mol. The van der Waals surface area contributed by atoms with E-state index in [-0.39, 0.29) is 11.7 Å². The van der Waals surface area contributed by atoms with Gasteiger partial charge in [0.05, 0.1) is 10.6 Å². The maximum absolute atomic E-state index is 11.6. The summed E-state index contributed by atoms with van der Waals surface area (Å²) >= 11 is 1.43. The second kappa shape index (κ2) is 6.18. The Morgan fingerprint density at radius 2 is 2.15 bits per heavy atom. The van der Waals surface area contributed by atoms with Gasteiger partial charge in [-0.2, -0.15) is 0 Å². The van der Waals surface area contributed by atoms with Gasteiger partial charge in [0.25, 0.3) is 0 Å². The molecule has 0 bridgehead atoms. The Hall–Kier alpha value is -1.68. The molecular formula is C16H19NO2S. The Morgan fingerprint density at radius 1 is 1.40 bits per heavy atom. The molecule has 1 heterocycles. The van der Waals surface area contributed by atoms with Crippen molar-refractivity contribution in [3.05, 3.63) is 45.4 Å². The molecule has 0 fully saturated rings. The van der Waals surface area contributed by atoms with Gasteiger partial charge in [0, 0.05) is 6.92 Å². The van der Waals surface area contributed by atoms with Crippen molar-refractivity contribution in [3.63, 3.8) is 0 Å². The molecule has 0 aliphatic heterocycles. The first kappa shape index (κ1) is 14.7. The SMILES string of the molecule is CC(=O)c1sc(COc2cccc(C)c2)nc1C(C)C. The number of nitrogens with zero attached hydrogens (tertiary/aromatic N) is 1. The van der Waals surface area contributed by atoms with Crippen molar-refractivity contribution >= 4 is 17.1 Å². The van der Waals surface area contributed by atoms with E-state index in [1.807, 2.05) is 45.0 Å². The van der Waals surface area contributed by atoms with E-state index in [0.29, 0.717) is 6.61 Å². The van der Waals surface area contributed by atoms with Crippen LogP contribution < -0.4 is 4.74 Å². The van der Waals surface area contributed by atoms with Crippen molar-refractivity contribution in [1.29, 1.82) is 0 Å². The minimum Gasteiger partial charge on any atom is -0.486 e. The Kier molecular flexibility index (Phi) is 4.55. The number of benzene rings is 1. The molecule has 0 spiro atoms. The van der Waals surface area contributed by atoms with E-state index < -0.39 is 0 Å². The van der Waals surface area contributed by atoms with Crippen LogP contribution in [0.3, 0.4) is 0 Å². The van der Waals surface area contributed by atoms with Crippen LogP contribution in [0.5, 0.6) is 5.75 Å². The standard InChI is InChI=1S/C16H19NO2S/c1-10(2)15-16(12(4)18)20-14(17-15)9-19-13-7-5-6-11(3)8-13/h5-8,10H,9H2,1-4H3. The molecule has 0 saturated heterocycles. The van der Waals surface area contributed by atoms with Crippen molar-refractivity contribution in [2.24, 2.45) is 0 Å². The number of aromatic nitrogens is 1. The Morgan fingerprint density at radius 3 is 2.70 bits per heavy atom. The molecule has 1 aromatic carbocycles. The molecule has 106 valence electrons. The second-order valence-electron chi connectivity index (χ2n) is 5.14. The zero-order valence-corrected chi connectivity index (χ0v) is 13.1. The molecule has 0 unspecified atom stereocenters. The number of thiazole rings is 1. The van der Waals surface area contributed by atoms with E-state index in [4.69, 9.17) is 4.74 Å². The molecule has 4 heteroatoms. The lowest BCUT2D eigenvalue weighted by molar-refractivity contribution is 0.102. The monoisotopic (exact) mass is 289 g/mol. The summed E-state index contributed by atoms with van der Waals surface area (Å²) in [7, 11) is 0. The number of ether oxygens (including phenoxy) is 1. The average Bonchev–Trinajstić information content (AvgIpc) is 2.81. The third-order valence-corrected chi connectivity index (χ3v) is 4.06. The van der Waals surface area contributed by atoms with Crippen LogP contribution in [0.2, 0.25) is 0 Å². The van der Waals surface area contributed by atoms with Gasteiger partial charge in [0.1, 0.15) is 17.4 Å². The molecule has 2 aromatic rings. The summed E-state index contributed by atoms with van der Waals surface area (Å²) in [6.45, 7) is 8.12. The van der Waals surface area contributed by atoms with E-state index >= 15 is 0 Å². The molecule has 0 saturated carbocycles. The third-order valence-electron chi connectivity index (χ3n) is 2.92. The maximum Gasteiger partial charge on any atom is 0.171 e. The van der Waals surface area contributed by atoms with Crippen LogP contribution in [0.25, 0.3) is 0 Å². The smallest absolute Gasteiger partial charge is 0.171 e. The molecule has 0 N–H and O–H groups in total. The van der Waals surface area contributed by atoms with Crippen LogP contribution in [0.15, 0.2) is 24.3 Å². The molecule has 0 aliphatic carbocycles. The van der Waals surface area contributed by atoms with Gasteiger partial charge in [-0.25, -0.2) is 4.98 Å². The van der Waals surface area contributed by atoms with Crippen LogP contribution in [-0.2, 0) is 6.61 Å². The minimum absolute atomic E-state index is 0.0769. The van der Waals surface area contributed by atoms with Crippen LogP contribution >= 0.6 is 11.3 Å². The van der Waals surface area contributed by atoms with Crippen LogP contribution in [-0.4, -0.2) is 10.8 Å². The Balaban J connectivity index is 2.14. The van der Waals surface area contributed by atoms with Gasteiger partial charge in [-0.15, -0.1) is 11.3 Å². The first-order valence-electron chi connectivity index (χ1n) is 6.67. The van der Waals surface area contributed by atoms with Gasteiger partial charge in [-0.3, -0.25) is 4.79 Å². The van der Waals surface area contributed by atoms with Crippen LogP contribution in [0.4, 0.5) is 0 Å². The van der Waals surface area contributed by atoms with Gasteiger partial charge in [-0.1, -0.05) is 26.0 Å². The van der Waals surface area contributed by atoms with Crippen LogP contribution in [0.1, 0.15) is 52.6 Å². The van der Waals surface area contributed by atoms with E-state index in [9.17, 15) is 4.79 Å². The Bertz CT molecular complexity index is 617. The number of carbonyl (C=O) groups is 1. The van der Waals surface area contributed by atoms with Crippen molar-refractivity contribution in [1.82, 2.24) is 4.98 Å². The fourth-order valence-electron chi connectivity index (χ4n) is 1.93. The lowest BCUT2D eigenvalue weighted by Crippen LogP contribution is -1.98. The van der Waals surface area contributed by atoms with Crippen molar-refractivity contribution < 1.29 is 9.53 Å². The van der Waals surface area contributed by atoms with Gasteiger partial charge in [-0.05, 0) is 30.5 Å². The second-order valence-corrected chi connectivity index (χ2v) is 6.22. The van der Waals surface area contributed by atoms with E-state index in [0.717, 1.165) is 26.9 Å². The van der Waals surface area contributed by atoms with Crippen molar-refractivity contribution in [3.8, 4) is 5.75 Å². The molecule has 2 rings (SSSR count). The topological polar surface area (TPSA) is 39.2 Å². The molecule has 3 nitrogen and oxygen atoms in total. The van der Waals surface area contributed by atoms with E-state index in [1.54, 1.807) is 6.92 Å². The lowest BCUT2D eigenvalue weighted by atomic mass is 10.1. The lowest BCUT2D eigenvalue weighted by Gasteiger charge is -2.04. The largest absolute Gasteiger partial charge is 0.486 e. The zero-order chi connectivity index (χ0) is 14.7. The molecule has 1 aromatic heterocycles. The highest BCUT2D eigenvalue weighted by molar-refractivity contribution is 7.13. The predicted molar refractivity (Wildman–Crippen MR) is 81.7 cm³/mol. The molecule has 0 amide bonds. The number of aryl methyl sites for hydroxylation is 1. The fraction of sp³-hybridized carbons (Fsp3) is 0.375. The third kappa shape index (κ3) is 3.45. The molecular weight excluding hydrogens is 270 g/mol. The first-order valence-corrected chi connectivity index (χ1v) is 7.49. The quantitative estimate of drug-likeness (QED) is 0.768. The molecule has 0 radical (unpaired) electrons. The van der Waals surface area contributed by atoms with Gasteiger partial charge in [0.2, 0.25) is 0 Å². The number of rotatable bonds is 5. The van der Waals surface area contributed by atoms with Gasteiger partial charge >= 0.3 is 0 Å². The summed E-state index contributed by atoms with van der Waals surface area (Å²) in [4.78, 5) is 16.9. The van der Waals surface area contributed by atoms with Gasteiger partial charge in [0.15, 0.2) is 5.78 Å². The molecule has 0 aliphatic rings.